The second-order valence-electron chi connectivity index (χ2n) is 5.57. The summed E-state index contributed by atoms with van der Waals surface area (Å²) in [7, 11) is 0. The fourth-order valence-corrected chi connectivity index (χ4v) is 3.05. The van der Waals surface area contributed by atoms with Crippen LogP contribution in [0.1, 0.15) is 37.0 Å². The first-order valence-electron chi connectivity index (χ1n) is 7.08. The van der Waals surface area contributed by atoms with E-state index in [9.17, 15) is 4.79 Å². The van der Waals surface area contributed by atoms with Gasteiger partial charge in [0.05, 0.1) is 5.56 Å². The van der Waals surface area contributed by atoms with Crippen LogP contribution in [0.3, 0.4) is 0 Å². The number of hydrogen-bond donors (Lipinski definition) is 2. The molecule has 4 nitrogen and oxygen atoms in total. The molecule has 0 aliphatic carbocycles. The summed E-state index contributed by atoms with van der Waals surface area (Å²) in [6, 6.07) is 6.53. The molecule has 0 spiro atoms. The second kappa shape index (κ2) is 6.59. The summed E-state index contributed by atoms with van der Waals surface area (Å²) < 4.78 is 0.873. The average Bonchev–Trinajstić information content (AvgIpc) is 2.89. The van der Waals surface area contributed by atoms with E-state index in [4.69, 9.17) is 5.73 Å². The Balaban J connectivity index is 2.30. The molecule has 1 unspecified atom stereocenters. The molecule has 1 heterocycles. The van der Waals surface area contributed by atoms with Crippen LogP contribution < -0.4 is 16.0 Å². The first kappa shape index (κ1) is 15.3. The predicted molar refractivity (Wildman–Crippen MR) is 86.2 cm³/mol. The molecule has 1 atom stereocenters. The maximum Gasteiger partial charge on any atom is 0.250 e. The molecule has 0 aromatic heterocycles. The van der Waals surface area contributed by atoms with Gasteiger partial charge in [-0.3, -0.25) is 4.79 Å². The molecule has 0 saturated carbocycles. The van der Waals surface area contributed by atoms with Gasteiger partial charge in [0, 0.05) is 28.8 Å². The van der Waals surface area contributed by atoms with Crippen LogP contribution in [0.2, 0.25) is 0 Å². The van der Waals surface area contributed by atoms with Crippen LogP contribution in [0.15, 0.2) is 22.7 Å². The van der Waals surface area contributed by atoms with Crippen molar-refractivity contribution in [2.45, 2.75) is 38.8 Å². The van der Waals surface area contributed by atoms with Gasteiger partial charge in [0.15, 0.2) is 0 Å². The molecule has 1 aliphatic heterocycles. The summed E-state index contributed by atoms with van der Waals surface area (Å²) in [5, 5.41) is 3.50. The molecular weight excluding hydrogens is 318 g/mol. The summed E-state index contributed by atoms with van der Waals surface area (Å²) in [4.78, 5) is 14.0. The molecule has 1 fully saturated rings. The van der Waals surface area contributed by atoms with Gasteiger partial charge in [-0.1, -0.05) is 15.9 Å². The van der Waals surface area contributed by atoms with Crippen molar-refractivity contribution in [2.75, 3.05) is 18.0 Å². The normalized spacial score (nSPS) is 18.5. The van der Waals surface area contributed by atoms with Gasteiger partial charge in [0.1, 0.15) is 0 Å². The first-order chi connectivity index (χ1) is 9.49. The van der Waals surface area contributed by atoms with Gasteiger partial charge >= 0.3 is 0 Å². The van der Waals surface area contributed by atoms with Crippen molar-refractivity contribution < 1.29 is 4.79 Å². The van der Waals surface area contributed by atoms with E-state index in [1.54, 1.807) is 6.07 Å². The molecule has 0 bridgehead atoms. The number of hydrogen-bond acceptors (Lipinski definition) is 3. The molecule has 110 valence electrons. The van der Waals surface area contributed by atoms with Gasteiger partial charge in [-0.15, -0.1) is 0 Å². The number of rotatable bonds is 5. The van der Waals surface area contributed by atoms with Crippen molar-refractivity contribution in [3.8, 4) is 0 Å². The van der Waals surface area contributed by atoms with Gasteiger partial charge in [-0.25, -0.2) is 0 Å². The predicted octanol–water partition coefficient (Wildman–Crippen LogP) is 2.51. The molecule has 0 radical (unpaired) electrons. The number of amides is 1. The van der Waals surface area contributed by atoms with Crippen LogP contribution in [-0.4, -0.2) is 31.1 Å². The lowest BCUT2D eigenvalue weighted by atomic mass is 10.1. The van der Waals surface area contributed by atoms with Crippen LogP contribution in [-0.2, 0) is 0 Å². The number of primary amides is 1. The zero-order chi connectivity index (χ0) is 14.7. The number of carbonyl (C=O) groups excluding carboxylic acids is 1. The van der Waals surface area contributed by atoms with Gasteiger partial charge in [-0.2, -0.15) is 0 Å². The van der Waals surface area contributed by atoms with E-state index in [1.807, 2.05) is 12.1 Å². The Kier molecular flexibility index (Phi) is 5.05. The monoisotopic (exact) mass is 339 g/mol. The molecule has 3 N–H and O–H groups in total. The quantitative estimate of drug-likeness (QED) is 0.866. The Morgan fingerprint density at radius 1 is 1.55 bits per heavy atom. The van der Waals surface area contributed by atoms with E-state index >= 15 is 0 Å². The number of carbonyl (C=O) groups is 1. The van der Waals surface area contributed by atoms with Crippen molar-refractivity contribution in [1.82, 2.24) is 5.32 Å². The molecule has 1 aromatic carbocycles. The van der Waals surface area contributed by atoms with Crippen LogP contribution in [0, 0.1) is 0 Å². The summed E-state index contributed by atoms with van der Waals surface area (Å²) >= 11 is 3.40. The third-order valence-corrected chi connectivity index (χ3v) is 4.23. The SMILES string of the molecule is CC(C)N(CC1CCCN1)c1ccc(Br)cc1C(N)=O. The Bertz CT molecular complexity index is 484. The number of benzene rings is 1. The zero-order valence-corrected chi connectivity index (χ0v) is 13.6. The van der Waals surface area contributed by atoms with E-state index in [0.29, 0.717) is 17.6 Å². The molecule has 1 aliphatic rings. The van der Waals surface area contributed by atoms with Crippen LogP contribution >= 0.6 is 15.9 Å². The summed E-state index contributed by atoms with van der Waals surface area (Å²) in [6.07, 6.45) is 2.41. The largest absolute Gasteiger partial charge is 0.367 e. The second-order valence-corrected chi connectivity index (χ2v) is 6.48. The number of halogens is 1. The standard InChI is InChI=1S/C15H22BrN3O/c1-10(2)19(9-12-4-3-7-18-12)14-6-5-11(16)8-13(14)15(17)20/h5-6,8,10,12,18H,3-4,7,9H2,1-2H3,(H2,17,20). The van der Waals surface area contributed by atoms with E-state index in [0.717, 1.165) is 23.2 Å². The number of nitrogens with one attached hydrogen (secondary N) is 1. The van der Waals surface area contributed by atoms with Crippen molar-refractivity contribution in [3.05, 3.63) is 28.2 Å². The highest BCUT2D eigenvalue weighted by molar-refractivity contribution is 9.10. The van der Waals surface area contributed by atoms with Crippen molar-refractivity contribution in [1.29, 1.82) is 0 Å². The Morgan fingerprint density at radius 3 is 2.85 bits per heavy atom. The minimum atomic E-state index is -0.383. The third kappa shape index (κ3) is 3.52. The molecular formula is C15H22BrN3O. The van der Waals surface area contributed by atoms with Crippen LogP contribution in [0.25, 0.3) is 0 Å². The third-order valence-electron chi connectivity index (χ3n) is 3.74. The Morgan fingerprint density at radius 2 is 2.30 bits per heavy atom. The smallest absolute Gasteiger partial charge is 0.250 e. The fraction of sp³-hybridized carbons (Fsp3) is 0.533. The van der Waals surface area contributed by atoms with Crippen LogP contribution in [0.5, 0.6) is 0 Å². The fourth-order valence-electron chi connectivity index (χ4n) is 2.69. The van der Waals surface area contributed by atoms with E-state index in [-0.39, 0.29) is 5.91 Å². The minimum absolute atomic E-state index is 0.316. The average molecular weight is 340 g/mol. The highest BCUT2D eigenvalue weighted by atomic mass is 79.9. The molecule has 20 heavy (non-hydrogen) atoms. The number of anilines is 1. The minimum Gasteiger partial charge on any atom is -0.367 e. The highest BCUT2D eigenvalue weighted by Gasteiger charge is 2.23. The lowest BCUT2D eigenvalue weighted by Gasteiger charge is -2.33. The number of nitrogens with zero attached hydrogens (tertiary/aromatic N) is 1. The maximum absolute atomic E-state index is 11.7. The first-order valence-corrected chi connectivity index (χ1v) is 7.87. The van der Waals surface area contributed by atoms with E-state index in [1.165, 1.54) is 12.8 Å². The topological polar surface area (TPSA) is 58.4 Å². The Labute approximate surface area is 128 Å². The summed E-state index contributed by atoms with van der Waals surface area (Å²) in [5.41, 5.74) is 7.02. The highest BCUT2D eigenvalue weighted by Crippen LogP contribution is 2.27. The summed E-state index contributed by atoms with van der Waals surface area (Å²) in [5.74, 6) is -0.383. The lowest BCUT2D eigenvalue weighted by molar-refractivity contribution is 0.100. The molecule has 1 amide bonds. The maximum atomic E-state index is 11.7. The van der Waals surface area contributed by atoms with Crippen molar-refractivity contribution in [2.24, 2.45) is 5.73 Å². The van der Waals surface area contributed by atoms with Crippen LogP contribution in [0.4, 0.5) is 5.69 Å². The molecule has 5 heteroatoms. The van der Waals surface area contributed by atoms with E-state index in [2.05, 4.69) is 40.0 Å². The summed E-state index contributed by atoms with van der Waals surface area (Å²) in [6.45, 7) is 6.27. The van der Waals surface area contributed by atoms with E-state index < -0.39 is 0 Å². The molecule has 2 rings (SSSR count). The van der Waals surface area contributed by atoms with Gasteiger partial charge in [-0.05, 0) is 51.4 Å². The van der Waals surface area contributed by atoms with Gasteiger partial charge in [0.25, 0.3) is 5.91 Å². The zero-order valence-electron chi connectivity index (χ0n) is 12.0. The molecule has 1 aromatic rings. The Hall–Kier alpha value is -1.07. The van der Waals surface area contributed by atoms with Gasteiger partial charge < -0.3 is 16.0 Å². The van der Waals surface area contributed by atoms with Crippen molar-refractivity contribution >= 4 is 27.5 Å². The van der Waals surface area contributed by atoms with Crippen molar-refractivity contribution in [3.63, 3.8) is 0 Å². The molecule has 1 saturated heterocycles. The van der Waals surface area contributed by atoms with Gasteiger partial charge in [0.2, 0.25) is 0 Å². The number of nitrogens with two attached hydrogens (primary N) is 1. The lowest BCUT2D eigenvalue weighted by Crippen LogP contribution is -2.42.